The maximum atomic E-state index is 16.6. The minimum atomic E-state index is -2.43. The van der Waals surface area contributed by atoms with Gasteiger partial charge in [0.25, 0.3) is 0 Å². The predicted molar refractivity (Wildman–Crippen MR) is 447 cm³/mol. The van der Waals surface area contributed by atoms with Crippen molar-refractivity contribution in [2.45, 2.75) is 150 Å². The number of phenolic OH excluding ortho intramolecular Hbond substituents is 3. The fraction of sp³-hybridized carbons (Fsp3) is 0.471. The molecule has 0 unspecified atom stereocenters. The van der Waals surface area contributed by atoms with Crippen LogP contribution in [0, 0.1) is 29.6 Å². The van der Waals surface area contributed by atoms with Crippen molar-refractivity contribution in [1.29, 1.82) is 0 Å². The average molecular weight is 1780 g/mol. The van der Waals surface area contributed by atoms with Crippen LogP contribution < -0.4 is 97.5 Å². The van der Waals surface area contributed by atoms with E-state index >= 15 is 28.8 Å². The summed E-state index contributed by atoms with van der Waals surface area (Å²) in [6.07, 6.45) is -11.1. The highest BCUT2D eigenvalue weighted by atomic mass is 35.5. The Morgan fingerprint density at radius 3 is 1.73 bits per heavy atom. The van der Waals surface area contributed by atoms with Crippen LogP contribution in [-0.4, -0.2) is 234 Å². The molecule has 4 saturated carbocycles. The van der Waals surface area contributed by atoms with Crippen LogP contribution in [0.5, 0.6) is 63.2 Å². The van der Waals surface area contributed by atoms with Crippen LogP contribution in [0.2, 0.25) is 10.0 Å². The number of aromatic hydroxyl groups is 3. The van der Waals surface area contributed by atoms with E-state index in [0.29, 0.717) is 31.5 Å². The molecule has 38 nitrogen and oxygen atoms in total. The number of hydrogen-bond donors (Lipinski definition) is 22. The number of rotatable bonds is 25. The summed E-state index contributed by atoms with van der Waals surface area (Å²) in [6, 6.07) is 1.06. The molecule has 6 heterocycles. The molecular weight excluding hydrogens is 1670 g/mol. The van der Waals surface area contributed by atoms with E-state index < -0.39 is 203 Å². The second kappa shape index (κ2) is 40.0. The molecule has 14 atom stereocenters. The summed E-state index contributed by atoms with van der Waals surface area (Å²) in [7, 11) is 6.58. The number of imide groups is 1. The van der Waals surface area contributed by atoms with Gasteiger partial charge in [0.1, 0.15) is 121 Å². The van der Waals surface area contributed by atoms with Crippen LogP contribution >= 0.6 is 23.2 Å². The summed E-state index contributed by atoms with van der Waals surface area (Å²) in [6.45, 7) is 4.09. The van der Waals surface area contributed by atoms with Crippen molar-refractivity contribution in [3.8, 4) is 74.4 Å². The van der Waals surface area contributed by atoms with E-state index in [-0.39, 0.29) is 117 Å². The van der Waals surface area contributed by atoms with Gasteiger partial charge >= 0.3 is 6.03 Å². The summed E-state index contributed by atoms with van der Waals surface area (Å²) in [4.78, 5) is 139. The van der Waals surface area contributed by atoms with Crippen molar-refractivity contribution in [1.82, 2.24) is 63.8 Å². The molecule has 40 heteroatoms. The average Bonchev–Trinajstić information content (AvgIpc) is 0.755. The number of nitrogens with one attached hydrogen (secondary N) is 13. The topological polar surface area (TPSA) is 557 Å². The predicted octanol–water partition coefficient (Wildman–Crippen LogP) is 2.38. The maximum Gasteiger partial charge on any atom is 0.325 e. The molecule has 672 valence electrons. The standard InChI is InChI=1S/C85H103Cl2N13O25/c1-36(2)19-51(91-6)77(111)99-68-70(106)40-8-11-55(49(86)26-40)122-59-28-44-29-60(76(59)125-84-74(110)73(109)72(108)61(35-101)124-84)123-56-12-9-41(27-50(56)87)71(107)69-83(117)98-67(81(115)95-64-42-21-37-20-38(23-42)24-43(64)22-37)48-32-46(102)33-54(104)63(48)47-25-39(7-10-53(47)103)65(79(113)100-69)97-80(114)66(44)96-78(112)52(93-82(68)116)34-62(105)94-85(118)92-45-30-57(119-16-13-88-3)75(121-18-15-90-5)58(31-45)120-17-14-89-4/h7-12,25-33,36-38,42-43,51-52,61,64-74,84,88-91,101-104,106-110H,13-24,34-35H2,1-6H3,(H,93,116)(H,95,115)(H,96,112)(H,97,114)(H,98,117)(H,99,111)(H,100,113)(H2,92,94,105,118)/t37?,38?,42?,43?,51-,52+,61-,64?,65-,66-,67+,68-,69+,70-,71-,72-,73+,74-,84+/m1/s1. The molecular formula is C85H103Cl2N13O25. The van der Waals surface area contributed by atoms with Crippen LogP contribution in [0.1, 0.15) is 117 Å². The number of amides is 10. The Morgan fingerprint density at radius 1 is 0.568 bits per heavy atom. The van der Waals surface area contributed by atoms with Gasteiger partial charge < -0.3 is 143 Å². The van der Waals surface area contributed by atoms with E-state index in [1.54, 1.807) is 21.1 Å². The molecule has 4 aliphatic carbocycles. The highest BCUT2D eigenvalue weighted by Gasteiger charge is 2.51. The third-order valence-electron chi connectivity index (χ3n) is 23.3. The molecule has 125 heavy (non-hydrogen) atoms. The number of aliphatic hydroxyl groups is 6. The van der Waals surface area contributed by atoms with Gasteiger partial charge in [-0.3, -0.25) is 43.7 Å². The zero-order chi connectivity index (χ0) is 89.5. The number of phenols is 3. The van der Waals surface area contributed by atoms with Crippen LogP contribution in [-0.2, 0) is 43.1 Å². The second-order valence-electron chi connectivity index (χ2n) is 32.5. The van der Waals surface area contributed by atoms with Gasteiger partial charge in [0.2, 0.25) is 65.0 Å². The van der Waals surface area contributed by atoms with Crippen LogP contribution in [0.4, 0.5) is 10.5 Å². The van der Waals surface area contributed by atoms with Crippen LogP contribution in [0.15, 0.2) is 91.0 Å². The fourth-order valence-corrected chi connectivity index (χ4v) is 17.7. The molecule has 10 aliphatic rings. The number of likely N-dealkylation sites (N-methyl/N-ethyl adjacent to an activating group) is 4. The molecule has 10 amide bonds. The number of benzene rings is 6. The van der Waals surface area contributed by atoms with Gasteiger partial charge in [-0.25, -0.2) is 4.79 Å². The molecule has 16 rings (SSSR count). The third kappa shape index (κ3) is 20.7. The SMILES string of the molecule is CNCCOc1cc(NC(=O)NC(=O)C[C@@H]2NC(=O)[C@H](NC(=O)[C@@H](CC(C)C)NC)[C@H](O)c3ccc(c(Cl)c3)Oc3cc4cc(c3O[C@@H]3O[C@H](CO)[C@@H](O)[C@H](O)[C@H]3O)Oc3ccc(cc3Cl)[C@@H](O)[C@@H]3NC(=O)[C@H](NC(=O)[C@@H]4NC2=O)c2ccc(O)c(c2)-c2c(O)cc(O)cc2[C@@H](C(=O)NC2C4CC5CC(C4)CC2C5)NC3=O)cc(OCCNC)c1OCCNC. The number of carbonyl (C=O) groups excluding carboxylic acids is 9. The van der Waals surface area contributed by atoms with Gasteiger partial charge in [-0.15, -0.1) is 0 Å². The molecule has 6 aromatic carbocycles. The lowest BCUT2D eigenvalue weighted by Gasteiger charge is -2.54. The summed E-state index contributed by atoms with van der Waals surface area (Å²) in [5.74, 6) is -13.6. The first-order valence-corrected chi connectivity index (χ1v) is 41.9. The van der Waals surface area contributed by atoms with E-state index in [1.165, 1.54) is 37.4 Å². The first kappa shape index (κ1) is 91.6. The largest absolute Gasteiger partial charge is 0.508 e. The number of aliphatic hydroxyl groups excluding tert-OH is 6. The molecule has 22 N–H and O–H groups in total. The fourth-order valence-electron chi connectivity index (χ4n) is 17.3. The number of hydrogen-bond acceptors (Lipinski definition) is 29. The number of fused-ring (bicyclic) bond motifs is 15. The lowest BCUT2D eigenvalue weighted by Crippen LogP contribution is -2.60. The molecule has 6 aliphatic heterocycles. The maximum absolute atomic E-state index is 16.6. The number of carbonyl (C=O) groups is 9. The molecule has 0 radical (unpaired) electrons. The van der Waals surface area contributed by atoms with Gasteiger partial charge in [-0.1, -0.05) is 55.2 Å². The highest BCUT2D eigenvalue weighted by molar-refractivity contribution is 6.32. The Kier molecular flexibility index (Phi) is 29.3. The van der Waals surface area contributed by atoms with Crippen molar-refractivity contribution in [2.75, 3.05) is 79.6 Å². The minimum Gasteiger partial charge on any atom is -0.508 e. The van der Waals surface area contributed by atoms with Crippen molar-refractivity contribution < 1.29 is 122 Å². The van der Waals surface area contributed by atoms with Crippen molar-refractivity contribution in [3.63, 3.8) is 0 Å². The Hall–Kier alpha value is -11.1. The molecule has 0 aromatic heterocycles. The van der Waals surface area contributed by atoms with Gasteiger partial charge in [-0.2, -0.15) is 0 Å². The highest BCUT2D eigenvalue weighted by Crippen LogP contribution is 2.55. The van der Waals surface area contributed by atoms with Gasteiger partial charge in [0.05, 0.1) is 34.8 Å². The first-order chi connectivity index (χ1) is 59.8. The summed E-state index contributed by atoms with van der Waals surface area (Å²) >= 11 is 14.3. The van der Waals surface area contributed by atoms with Crippen LogP contribution in [0.3, 0.4) is 0 Å². The van der Waals surface area contributed by atoms with Gasteiger partial charge in [-0.05, 0) is 179 Å². The normalized spacial score (nSPS) is 26.5. The molecule has 5 fully saturated rings. The zero-order valence-electron chi connectivity index (χ0n) is 68.9. The van der Waals surface area contributed by atoms with Crippen molar-refractivity contribution in [3.05, 3.63) is 129 Å². The number of ether oxygens (including phenoxy) is 7. The summed E-state index contributed by atoms with van der Waals surface area (Å²) < 4.78 is 43.8. The van der Waals surface area contributed by atoms with Crippen molar-refractivity contribution in [2.24, 2.45) is 29.6 Å². The zero-order valence-corrected chi connectivity index (χ0v) is 70.4. The van der Waals surface area contributed by atoms with E-state index in [1.807, 2.05) is 13.8 Å². The number of anilines is 1. The molecule has 15 bridgehead atoms. The number of urea groups is 1. The smallest absolute Gasteiger partial charge is 0.325 e. The third-order valence-corrected chi connectivity index (χ3v) is 23.9. The van der Waals surface area contributed by atoms with E-state index in [9.17, 15) is 60.3 Å². The first-order valence-electron chi connectivity index (χ1n) is 41.1. The van der Waals surface area contributed by atoms with Gasteiger partial charge in [0, 0.05) is 55.0 Å². The number of halogens is 2. The Balaban J connectivity index is 0.980. The monoisotopic (exact) mass is 1780 g/mol. The van der Waals surface area contributed by atoms with Gasteiger partial charge in [0.15, 0.2) is 23.0 Å². The lowest BCUT2D eigenvalue weighted by atomic mass is 9.54. The minimum absolute atomic E-state index is 0.0253. The van der Waals surface area contributed by atoms with E-state index in [2.05, 4.69) is 69.1 Å². The summed E-state index contributed by atoms with van der Waals surface area (Å²) in [5, 5.41) is 140. The van der Waals surface area contributed by atoms with Crippen molar-refractivity contribution >= 4 is 82.2 Å². The van der Waals surface area contributed by atoms with E-state index in [0.717, 1.165) is 92.8 Å². The lowest BCUT2D eigenvalue weighted by molar-refractivity contribution is -0.277. The van der Waals surface area contributed by atoms with E-state index in [4.69, 9.17) is 56.4 Å². The van der Waals surface area contributed by atoms with Crippen LogP contribution in [0.25, 0.3) is 11.1 Å². The molecule has 1 saturated heterocycles. The molecule has 6 aromatic rings. The molecule has 0 spiro atoms. The Labute approximate surface area is 727 Å². The Bertz CT molecular complexity index is 4990. The summed E-state index contributed by atoms with van der Waals surface area (Å²) in [5.41, 5.74) is -2.35. The Morgan fingerprint density at radius 2 is 1.14 bits per heavy atom. The second-order valence-corrected chi connectivity index (χ2v) is 33.3. The quantitative estimate of drug-likeness (QED) is 0.0366.